The maximum Gasteiger partial charge on any atom is 0.250 e. The highest BCUT2D eigenvalue weighted by Gasteiger charge is 2.29. The maximum atomic E-state index is 12.4. The van der Waals surface area contributed by atoms with Crippen LogP contribution in [0.15, 0.2) is 58.3 Å². The van der Waals surface area contributed by atoms with Gasteiger partial charge in [-0.05, 0) is 37.8 Å². The number of unbranched alkanes of at least 4 members (excludes halogenated alkanes) is 1. The Morgan fingerprint density at radius 3 is 2.59 bits per heavy atom. The van der Waals surface area contributed by atoms with E-state index in [-0.39, 0.29) is 11.5 Å². The van der Waals surface area contributed by atoms with Gasteiger partial charge in [0.15, 0.2) is 5.96 Å². The summed E-state index contributed by atoms with van der Waals surface area (Å²) in [4.78, 5) is 30.5. The number of hydrogen-bond donors (Lipinski definition) is 2. The van der Waals surface area contributed by atoms with Crippen LogP contribution < -0.4 is 16.2 Å². The number of carbonyl (C=O) groups is 1. The maximum absolute atomic E-state index is 12.4. The summed E-state index contributed by atoms with van der Waals surface area (Å²) in [6.45, 7) is 5.76. The molecule has 1 fully saturated rings. The van der Waals surface area contributed by atoms with Gasteiger partial charge in [0, 0.05) is 63.9 Å². The summed E-state index contributed by atoms with van der Waals surface area (Å²) >= 11 is 0. The third-order valence-corrected chi connectivity index (χ3v) is 5.96. The summed E-state index contributed by atoms with van der Waals surface area (Å²) in [6.07, 6.45) is 3.34. The molecule has 0 radical (unpaired) electrons. The summed E-state index contributed by atoms with van der Waals surface area (Å²) in [6, 6.07) is 15.7. The molecule has 2 heterocycles. The van der Waals surface area contributed by atoms with Gasteiger partial charge in [-0.1, -0.05) is 36.4 Å². The van der Waals surface area contributed by atoms with Crippen molar-refractivity contribution in [2.45, 2.75) is 39.2 Å². The molecule has 7 heteroatoms. The molecule has 1 atom stereocenters. The minimum atomic E-state index is 0.0550. The molecule has 1 aliphatic heterocycles. The molecule has 1 unspecified atom stereocenters. The standard InChI is InChI=1S/C25H35N5O2/c1-20-9-8-12-23(31)30(20)15-7-6-14-27-25(26-2)28-18-22-17-24(32)29(19-22)16-13-21-10-4-3-5-11-21/h3-5,8-12,22H,6-7,13-19H2,1-2H3,(H2,26,27,28). The van der Waals surface area contributed by atoms with Gasteiger partial charge in [-0.3, -0.25) is 14.6 Å². The fourth-order valence-electron chi connectivity index (χ4n) is 4.09. The van der Waals surface area contributed by atoms with Gasteiger partial charge in [-0.2, -0.15) is 0 Å². The van der Waals surface area contributed by atoms with Crippen molar-refractivity contribution in [3.8, 4) is 0 Å². The number of pyridine rings is 1. The van der Waals surface area contributed by atoms with Crippen LogP contribution in [0.5, 0.6) is 0 Å². The van der Waals surface area contributed by atoms with E-state index in [2.05, 4.69) is 27.8 Å². The van der Waals surface area contributed by atoms with Crippen molar-refractivity contribution >= 4 is 11.9 Å². The molecule has 1 aliphatic rings. The average molecular weight is 438 g/mol. The van der Waals surface area contributed by atoms with Crippen LogP contribution in [0.3, 0.4) is 0 Å². The smallest absolute Gasteiger partial charge is 0.250 e. The zero-order chi connectivity index (χ0) is 22.8. The number of aryl methyl sites for hydroxylation is 1. The molecule has 0 spiro atoms. The molecule has 7 nitrogen and oxygen atoms in total. The van der Waals surface area contributed by atoms with Crippen LogP contribution in [-0.4, -0.2) is 54.6 Å². The fourth-order valence-corrected chi connectivity index (χ4v) is 4.09. The lowest BCUT2D eigenvalue weighted by molar-refractivity contribution is -0.127. The Balaban J connectivity index is 1.33. The summed E-state index contributed by atoms with van der Waals surface area (Å²) < 4.78 is 1.81. The largest absolute Gasteiger partial charge is 0.356 e. The van der Waals surface area contributed by atoms with E-state index in [1.165, 1.54) is 5.56 Å². The summed E-state index contributed by atoms with van der Waals surface area (Å²) in [5.74, 6) is 1.29. The molecular weight excluding hydrogens is 402 g/mol. The number of benzene rings is 1. The second kappa shape index (κ2) is 12.1. The molecule has 3 rings (SSSR count). The molecule has 32 heavy (non-hydrogen) atoms. The Labute approximate surface area is 190 Å². The minimum absolute atomic E-state index is 0.0550. The molecule has 2 aromatic rings. The highest BCUT2D eigenvalue weighted by molar-refractivity contribution is 5.80. The Kier molecular flexibility index (Phi) is 8.90. The number of guanidine groups is 1. The zero-order valence-corrected chi connectivity index (χ0v) is 19.2. The van der Waals surface area contributed by atoms with E-state index in [0.717, 1.165) is 63.6 Å². The van der Waals surface area contributed by atoms with Crippen molar-refractivity contribution in [1.29, 1.82) is 0 Å². The van der Waals surface area contributed by atoms with Gasteiger partial charge >= 0.3 is 0 Å². The summed E-state index contributed by atoms with van der Waals surface area (Å²) in [5.41, 5.74) is 2.31. The molecule has 1 aromatic heterocycles. The quantitative estimate of drug-likeness (QED) is 0.339. The highest BCUT2D eigenvalue weighted by Crippen LogP contribution is 2.17. The Hall–Kier alpha value is -3.09. The van der Waals surface area contributed by atoms with Crippen LogP contribution in [0.4, 0.5) is 0 Å². The van der Waals surface area contributed by atoms with E-state index in [9.17, 15) is 9.59 Å². The molecule has 0 aliphatic carbocycles. The molecule has 1 aromatic carbocycles. The molecule has 1 amide bonds. The SMILES string of the molecule is CN=C(NCCCCn1c(C)cccc1=O)NCC1CC(=O)N(CCc2ccccc2)C1. The number of aromatic nitrogens is 1. The van der Waals surface area contributed by atoms with E-state index >= 15 is 0 Å². The Morgan fingerprint density at radius 2 is 1.84 bits per heavy atom. The molecule has 0 bridgehead atoms. The predicted molar refractivity (Wildman–Crippen MR) is 129 cm³/mol. The van der Waals surface area contributed by atoms with Crippen LogP contribution in [0.2, 0.25) is 0 Å². The lowest BCUT2D eigenvalue weighted by Crippen LogP contribution is -2.40. The number of nitrogens with zero attached hydrogens (tertiary/aromatic N) is 3. The van der Waals surface area contributed by atoms with Crippen LogP contribution in [0, 0.1) is 12.8 Å². The number of nitrogens with one attached hydrogen (secondary N) is 2. The topological polar surface area (TPSA) is 78.7 Å². The molecule has 1 saturated heterocycles. The van der Waals surface area contributed by atoms with Gasteiger partial charge in [0.1, 0.15) is 0 Å². The van der Waals surface area contributed by atoms with Crippen molar-refractivity contribution in [2.24, 2.45) is 10.9 Å². The fraction of sp³-hybridized carbons (Fsp3) is 0.480. The Bertz CT molecular complexity index is 954. The van der Waals surface area contributed by atoms with Gasteiger partial charge in [0.2, 0.25) is 5.91 Å². The molecule has 2 N–H and O–H groups in total. The normalized spacial score (nSPS) is 16.4. The van der Waals surface area contributed by atoms with Gasteiger partial charge < -0.3 is 20.1 Å². The second-order valence-electron chi connectivity index (χ2n) is 8.39. The number of likely N-dealkylation sites (tertiary alicyclic amines) is 1. The average Bonchev–Trinajstić information content (AvgIpc) is 3.16. The lowest BCUT2D eigenvalue weighted by atomic mass is 10.1. The van der Waals surface area contributed by atoms with Crippen molar-refractivity contribution in [3.05, 3.63) is 70.1 Å². The predicted octanol–water partition coefficient (Wildman–Crippen LogP) is 2.19. The van der Waals surface area contributed by atoms with Gasteiger partial charge in [0.05, 0.1) is 0 Å². The molecule has 172 valence electrons. The van der Waals surface area contributed by atoms with E-state index in [0.29, 0.717) is 12.3 Å². The van der Waals surface area contributed by atoms with Crippen molar-refractivity contribution in [2.75, 3.05) is 33.2 Å². The third kappa shape index (κ3) is 6.97. The first-order chi connectivity index (χ1) is 15.6. The van der Waals surface area contributed by atoms with Crippen molar-refractivity contribution in [3.63, 3.8) is 0 Å². The molecular formula is C25H35N5O2. The van der Waals surface area contributed by atoms with Crippen molar-refractivity contribution < 1.29 is 4.79 Å². The zero-order valence-electron chi connectivity index (χ0n) is 19.2. The van der Waals surface area contributed by atoms with E-state index in [4.69, 9.17) is 0 Å². The lowest BCUT2D eigenvalue weighted by Gasteiger charge is -2.18. The van der Waals surface area contributed by atoms with Crippen LogP contribution in [-0.2, 0) is 17.8 Å². The van der Waals surface area contributed by atoms with Gasteiger partial charge in [-0.15, -0.1) is 0 Å². The number of amides is 1. The van der Waals surface area contributed by atoms with Crippen LogP contribution in [0.1, 0.15) is 30.5 Å². The van der Waals surface area contributed by atoms with E-state index in [1.54, 1.807) is 19.2 Å². The number of rotatable bonds is 10. The highest BCUT2D eigenvalue weighted by atomic mass is 16.2. The number of hydrogen-bond acceptors (Lipinski definition) is 3. The first-order valence-corrected chi connectivity index (χ1v) is 11.5. The van der Waals surface area contributed by atoms with E-state index in [1.807, 2.05) is 40.7 Å². The first kappa shape index (κ1) is 23.6. The number of aliphatic imine (C=N–C) groups is 1. The van der Waals surface area contributed by atoms with Crippen LogP contribution in [0.25, 0.3) is 0 Å². The van der Waals surface area contributed by atoms with Crippen LogP contribution >= 0.6 is 0 Å². The second-order valence-corrected chi connectivity index (χ2v) is 8.39. The molecule has 0 saturated carbocycles. The van der Waals surface area contributed by atoms with Crippen molar-refractivity contribution in [1.82, 2.24) is 20.1 Å². The first-order valence-electron chi connectivity index (χ1n) is 11.5. The summed E-state index contributed by atoms with van der Waals surface area (Å²) in [5, 5.41) is 6.69. The third-order valence-electron chi connectivity index (χ3n) is 5.96. The Morgan fingerprint density at radius 1 is 1.03 bits per heavy atom. The number of carbonyl (C=O) groups excluding carboxylic acids is 1. The van der Waals surface area contributed by atoms with Gasteiger partial charge in [-0.25, -0.2) is 0 Å². The monoisotopic (exact) mass is 437 g/mol. The summed E-state index contributed by atoms with van der Waals surface area (Å²) in [7, 11) is 1.76. The minimum Gasteiger partial charge on any atom is -0.356 e. The van der Waals surface area contributed by atoms with Gasteiger partial charge in [0.25, 0.3) is 5.56 Å². The van der Waals surface area contributed by atoms with E-state index < -0.39 is 0 Å².